The number of allylic oxidation sites excluding steroid dienone is 11. The molecule has 17 atom stereocenters. The number of aliphatic hydroxyl groups excluding tert-OH is 11. The molecule has 558 valence electrons. The Morgan fingerprint density at radius 2 is 0.698 bits per heavy atom. The largest absolute Gasteiger partial charge is 0.394 e. The number of rotatable bonds is 59. The van der Waals surface area contributed by atoms with E-state index in [1.54, 1.807) is 6.08 Å². The van der Waals surface area contributed by atoms with Gasteiger partial charge in [0.2, 0.25) is 5.91 Å². The van der Waals surface area contributed by atoms with Crippen LogP contribution in [-0.4, -0.2) is 193 Å². The minimum Gasteiger partial charge on any atom is -0.394 e. The normalized spacial score (nSPS) is 27.4. The molecule has 3 heterocycles. The van der Waals surface area contributed by atoms with Crippen LogP contribution in [0, 0.1) is 0 Å². The topological polar surface area (TPSA) is 307 Å². The Bertz CT molecular complexity index is 2020. The first-order chi connectivity index (χ1) is 46.8. The minimum absolute atomic E-state index is 0.224. The number of carbonyl (C=O) groups excluding carboxylic acids is 1. The van der Waals surface area contributed by atoms with Gasteiger partial charge in [0.15, 0.2) is 18.9 Å². The predicted octanol–water partition coefficient (Wildman–Crippen LogP) is 11.7. The lowest BCUT2D eigenvalue weighted by atomic mass is 9.96. The van der Waals surface area contributed by atoms with Gasteiger partial charge in [-0.3, -0.25) is 4.79 Å². The molecule has 0 bridgehead atoms. The van der Waals surface area contributed by atoms with Crippen molar-refractivity contribution in [3.8, 4) is 0 Å². The standard InChI is InChI=1S/C77H137NO18/c1-3-5-7-9-11-13-15-17-19-21-23-25-27-29-31-32-34-36-38-40-42-44-46-48-50-52-54-61(82)60(78-65(83)55-53-51-49-47-45-43-41-39-37-35-33-30-28-26-24-22-20-18-16-14-12-10-8-6-4-2)59-91-75-71(89)68(86)73(63(57-80)93-75)96-77-72(90)69(87)74(64(58-81)94-77)95-76-70(88)67(85)66(84)62(56-79)92-76/h16,18,22,24,28,30,36,38,44,46,52,54,60-64,66-77,79-82,84-90H,3-15,17,19-21,23,25-27,29,31-35,37,39-43,45,47-51,53,55-59H2,1-2H3,(H,78,83)/b18-16-,24-22-,30-28-,38-36+,46-44+,54-52+. The van der Waals surface area contributed by atoms with Crippen LogP contribution in [0.3, 0.4) is 0 Å². The van der Waals surface area contributed by atoms with Gasteiger partial charge in [0, 0.05) is 6.42 Å². The van der Waals surface area contributed by atoms with Gasteiger partial charge in [-0.05, 0) is 83.5 Å². The maximum atomic E-state index is 13.4. The first kappa shape index (κ1) is 87.4. The number of hydrogen-bond acceptors (Lipinski definition) is 18. The molecule has 0 aliphatic carbocycles. The van der Waals surface area contributed by atoms with Crippen molar-refractivity contribution in [1.82, 2.24) is 5.32 Å². The minimum atomic E-state index is -1.99. The number of nitrogens with one attached hydrogen (secondary N) is 1. The molecule has 0 aromatic heterocycles. The predicted molar refractivity (Wildman–Crippen MR) is 378 cm³/mol. The van der Waals surface area contributed by atoms with Gasteiger partial charge in [0.05, 0.1) is 38.6 Å². The van der Waals surface area contributed by atoms with Gasteiger partial charge in [0.25, 0.3) is 0 Å². The molecule has 3 saturated heterocycles. The van der Waals surface area contributed by atoms with Gasteiger partial charge in [-0.1, -0.05) is 260 Å². The second-order valence-electron chi connectivity index (χ2n) is 27.1. The molecule has 96 heavy (non-hydrogen) atoms. The summed E-state index contributed by atoms with van der Waals surface area (Å²) in [7, 11) is 0. The molecule has 0 radical (unpaired) electrons. The third-order valence-electron chi connectivity index (χ3n) is 18.7. The molecule has 3 rings (SSSR count). The zero-order chi connectivity index (χ0) is 69.6. The van der Waals surface area contributed by atoms with Gasteiger partial charge < -0.3 is 89.9 Å². The summed E-state index contributed by atoms with van der Waals surface area (Å²) in [5.74, 6) is -0.294. The molecule has 19 heteroatoms. The number of carbonyl (C=O) groups is 1. The van der Waals surface area contributed by atoms with Crippen molar-refractivity contribution >= 4 is 5.91 Å². The van der Waals surface area contributed by atoms with Crippen molar-refractivity contribution in [3.05, 3.63) is 72.9 Å². The second-order valence-corrected chi connectivity index (χ2v) is 27.1. The van der Waals surface area contributed by atoms with Gasteiger partial charge in [-0.15, -0.1) is 0 Å². The van der Waals surface area contributed by atoms with E-state index in [9.17, 15) is 61.0 Å². The van der Waals surface area contributed by atoms with E-state index in [1.165, 1.54) is 173 Å². The van der Waals surface area contributed by atoms with Crippen LogP contribution in [0.5, 0.6) is 0 Å². The van der Waals surface area contributed by atoms with E-state index >= 15 is 0 Å². The van der Waals surface area contributed by atoms with Gasteiger partial charge in [-0.2, -0.15) is 0 Å². The molecule has 0 aromatic carbocycles. The Balaban J connectivity index is 1.43. The average Bonchev–Trinajstić information content (AvgIpc) is 0.788. The quantitative estimate of drug-likeness (QED) is 0.0199. The molecule has 1 amide bonds. The Labute approximate surface area is 578 Å². The van der Waals surface area contributed by atoms with Gasteiger partial charge >= 0.3 is 0 Å². The van der Waals surface area contributed by atoms with Crippen LogP contribution in [0.4, 0.5) is 0 Å². The molecular weight excluding hydrogens is 1230 g/mol. The van der Waals surface area contributed by atoms with Crippen LogP contribution < -0.4 is 5.32 Å². The molecule has 0 saturated carbocycles. The molecule has 0 aromatic rings. The maximum absolute atomic E-state index is 13.4. The summed E-state index contributed by atoms with van der Waals surface area (Å²) in [5.41, 5.74) is 0. The van der Waals surface area contributed by atoms with E-state index in [0.29, 0.717) is 12.8 Å². The van der Waals surface area contributed by atoms with Crippen molar-refractivity contribution in [3.63, 3.8) is 0 Å². The highest BCUT2D eigenvalue weighted by Crippen LogP contribution is 2.33. The summed E-state index contributed by atoms with van der Waals surface area (Å²) in [4.78, 5) is 13.4. The number of aliphatic hydroxyl groups is 11. The zero-order valence-electron chi connectivity index (χ0n) is 59.3. The van der Waals surface area contributed by atoms with Crippen LogP contribution in [0.2, 0.25) is 0 Å². The highest BCUT2D eigenvalue weighted by molar-refractivity contribution is 5.76. The highest BCUT2D eigenvalue weighted by Gasteiger charge is 2.53. The van der Waals surface area contributed by atoms with E-state index in [2.05, 4.69) is 79.9 Å². The summed E-state index contributed by atoms with van der Waals surface area (Å²) >= 11 is 0. The SMILES string of the molecule is CCCCCCC/C=C\C/C=C\C/C=C\CCCCCCCCCCCCC(=O)NC(COC1OC(CO)C(OC2OC(CO)C(OC3OC(CO)C(O)C(O)C3O)C(O)C2O)C(O)C1O)C(O)/C=C/CC/C=C/CC/C=C/CCCCCCCCCCCCCCCCCC. The number of ether oxygens (including phenoxy) is 6. The summed E-state index contributed by atoms with van der Waals surface area (Å²) in [6, 6.07) is -1.00. The fourth-order valence-corrected chi connectivity index (χ4v) is 12.5. The first-order valence-electron chi connectivity index (χ1n) is 38.2. The van der Waals surface area contributed by atoms with Crippen LogP contribution in [0.25, 0.3) is 0 Å². The monoisotopic (exact) mass is 1360 g/mol. The molecule has 3 aliphatic rings. The van der Waals surface area contributed by atoms with Crippen molar-refractivity contribution in [2.75, 3.05) is 26.4 Å². The molecule has 0 spiro atoms. The maximum Gasteiger partial charge on any atom is 0.220 e. The lowest BCUT2D eigenvalue weighted by Crippen LogP contribution is -2.66. The summed E-state index contributed by atoms with van der Waals surface area (Å²) in [6.45, 7) is 1.71. The molecular formula is C77H137NO18. The van der Waals surface area contributed by atoms with Crippen molar-refractivity contribution in [2.24, 2.45) is 0 Å². The zero-order valence-corrected chi connectivity index (χ0v) is 59.3. The van der Waals surface area contributed by atoms with Crippen LogP contribution in [0.15, 0.2) is 72.9 Å². The highest BCUT2D eigenvalue weighted by atomic mass is 16.8. The van der Waals surface area contributed by atoms with Crippen LogP contribution in [0.1, 0.15) is 277 Å². The lowest BCUT2D eigenvalue weighted by Gasteiger charge is -2.48. The van der Waals surface area contributed by atoms with E-state index in [1.807, 2.05) is 6.08 Å². The Morgan fingerprint density at radius 1 is 0.375 bits per heavy atom. The van der Waals surface area contributed by atoms with E-state index < -0.39 is 124 Å². The van der Waals surface area contributed by atoms with Crippen molar-refractivity contribution < 1.29 is 89.4 Å². The second kappa shape index (κ2) is 57.8. The van der Waals surface area contributed by atoms with Crippen LogP contribution >= 0.6 is 0 Å². The third kappa shape index (κ3) is 38.3. The van der Waals surface area contributed by atoms with Crippen LogP contribution in [-0.2, 0) is 33.2 Å². The van der Waals surface area contributed by atoms with Crippen molar-refractivity contribution in [1.29, 1.82) is 0 Å². The number of amides is 1. The summed E-state index contributed by atoms with van der Waals surface area (Å²) < 4.78 is 34.4. The molecule has 17 unspecified atom stereocenters. The fourth-order valence-electron chi connectivity index (χ4n) is 12.5. The third-order valence-corrected chi connectivity index (χ3v) is 18.7. The van der Waals surface area contributed by atoms with Gasteiger partial charge in [0.1, 0.15) is 73.2 Å². The van der Waals surface area contributed by atoms with Gasteiger partial charge in [-0.25, -0.2) is 0 Å². The van der Waals surface area contributed by atoms with E-state index in [4.69, 9.17) is 28.4 Å². The Hall–Kier alpha value is -2.77. The molecule has 12 N–H and O–H groups in total. The average molecular weight is 1360 g/mol. The fraction of sp³-hybridized carbons (Fsp3) is 0.831. The first-order valence-corrected chi connectivity index (χ1v) is 38.2. The molecule has 3 aliphatic heterocycles. The Morgan fingerprint density at radius 3 is 1.11 bits per heavy atom. The number of unbranched alkanes of at least 4 members (excludes halogenated alkanes) is 33. The van der Waals surface area contributed by atoms with E-state index in [0.717, 1.165) is 70.6 Å². The smallest absolute Gasteiger partial charge is 0.220 e. The summed E-state index contributed by atoms with van der Waals surface area (Å²) in [6.07, 6.45) is 47.4. The lowest BCUT2D eigenvalue weighted by molar-refractivity contribution is -0.379. The Kier molecular flexibility index (Phi) is 52.7. The number of hydrogen-bond donors (Lipinski definition) is 12. The van der Waals surface area contributed by atoms with Crippen molar-refractivity contribution in [2.45, 2.75) is 381 Å². The van der Waals surface area contributed by atoms with E-state index in [-0.39, 0.29) is 18.9 Å². The summed E-state index contributed by atoms with van der Waals surface area (Å²) in [5, 5.41) is 121. The molecule has 3 fully saturated rings. The molecule has 19 nitrogen and oxygen atoms in total.